The molecular weight excluding hydrogens is 262 g/mol. The fourth-order valence-electron chi connectivity index (χ4n) is 2.37. The molecule has 0 atom stereocenters. The molecule has 0 radical (unpaired) electrons. The first-order valence-electron chi connectivity index (χ1n) is 6.68. The third-order valence-electron chi connectivity index (χ3n) is 3.35. The fraction of sp³-hybridized carbons (Fsp3) is 0.0588. The standard InChI is InChI=1S/C17H15N3O/c1-2-5-12-8-9-17(21)15(10-12)13-6-3-4-7-14(13)16-11-18-20-19-16/h2-4,6-11,21H,1,5H2,(H,18,19,20). The van der Waals surface area contributed by atoms with Crippen LogP contribution in [-0.2, 0) is 6.42 Å². The van der Waals surface area contributed by atoms with Crippen molar-refractivity contribution in [2.75, 3.05) is 0 Å². The Morgan fingerprint density at radius 3 is 2.62 bits per heavy atom. The summed E-state index contributed by atoms with van der Waals surface area (Å²) in [6.07, 6.45) is 4.28. The minimum absolute atomic E-state index is 0.249. The van der Waals surface area contributed by atoms with Gasteiger partial charge in [-0.15, -0.1) is 6.58 Å². The molecule has 0 aliphatic carbocycles. The second-order valence-electron chi connectivity index (χ2n) is 4.75. The van der Waals surface area contributed by atoms with Gasteiger partial charge in [-0.05, 0) is 29.7 Å². The van der Waals surface area contributed by atoms with E-state index >= 15 is 0 Å². The Morgan fingerprint density at radius 1 is 1.10 bits per heavy atom. The number of H-pyrrole nitrogens is 1. The van der Waals surface area contributed by atoms with E-state index in [2.05, 4.69) is 22.0 Å². The van der Waals surface area contributed by atoms with Crippen LogP contribution in [0.1, 0.15) is 5.56 Å². The number of nitrogens with one attached hydrogen (secondary N) is 1. The molecule has 104 valence electrons. The molecule has 0 aliphatic rings. The van der Waals surface area contributed by atoms with E-state index in [1.165, 1.54) is 0 Å². The number of hydrogen-bond donors (Lipinski definition) is 2. The van der Waals surface area contributed by atoms with Crippen molar-refractivity contribution >= 4 is 0 Å². The minimum atomic E-state index is 0.249. The van der Waals surface area contributed by atoms with Gasteiger partial charge in [-0.25, -0.2) is 0 Å². The second-order valence-corrected chi connectivity index (χ2v) is 4.75. The summed E-state index contributed by atoms with van der Waals surface area (Å²) < 4.78 is 0. The minimum Gasteiger partial charge on any atom is -0.507 e. The topological polar surface area (TPSA) is 61.8 Å². The summed E-state index contributed by atoms with van der Waals surface area (Å²) in [4.78, 5) is 0. The zero-order valence-corrected chi connectivity index (χ0v) is 11.5. The molecule has 4 heteroatoms. The molecule has 2 N–H and O–H groups in total. The van der Waals surface area contributed by atoms with Gasteiger partial charge in [-0.3, -0.25) is 0 Å². The van der Waals surface area contributed by atoms with Crippen molar-refractivity contribution in [3.05, 3.63) is 66.9 Å². The van der Waals surface area contributed by atoms with Crippen molar-refractivity contribution < 1.29 is 5.11 Å². The van der Waals surface area contributed by atoms with Crippen molar-refractivity contribution in [1.82, 2.24) is 15.4 Å². The highest BCUT2D eigenvalue weighted by Gasteiger charge is 2.12. The average molecular weight is 277 g/mol. The molecule has 0 fully saturated rings. The Balaban J connectivity index is 2.17. The molecule has 0 amide bonds. The molecule has 0 aliphatic heterocycles. The highest BCUT2D eigenvalue weighted by Crippen LogP contribution is 2.36. The normalized spacial score (nSPS) is 10.5. The van der Waals surface area contributed by atoms with Gasteiger partial charge in [0.2, 0.25) is 0 Å². The van der Waals surface area contributed by atoms with Crippen molar-refractivity contribution in [1.29, 1.82) is 0 Å². The number of nitrogens with zero attached hydrogens (tertiary/aromatic N) is 2. The van der Waals surface area contributed by atoms with Crippen LogP contribution in [0.5, 0.6) is 5.75 Å². The maximum atomic E-state index is 10.2. The largest absolute Gasteiger partial charge is 0.507 e. The maximum Gasteiger partial charge on any atom is 0.123 e. The molecule has 0 spiro atoms. The zero-order valence-electron chi connectivity index (χ0n) is 11.5. The van der Waals surface area contributed by atoms with Crippen LogP contribution in [0, 0.1) is 0 Å². The molecular formula is C17H15N3O. The second kappa shape index (κ2) is 5.63. The Bertz CT molecular complexity index is 763. The highest BCUT2D eigenvalue weighted by molar-refractivity contribution is 5.84. The molecule has 0 saturated heterocycles. The third-order valence-corrected chi connectivity index (χ3v) is 3.35. The summed E-state index contributed by atoms with van der Waals surface area (Å²) in [6, 6.07) is 13.4. The van der Waals surface area contributed by atoms with E-state index < -0.39 is 0 Å². The van der Waals surface area contributed by atoms with Crippen LogP contribution < -0.4 is 0 Å². The van der Waals surface area contributed by atoms with Gasteiger partial charge in [0.05, 0.1) is 6.20 Å². The predicted molar refractivity (Wildman–Crippen MR) is 82.8 cm³/mol. The molecule has 0 saturated carbocycles. The van der Waals surface area contributed by atoms with Gasteiger partial charge >= 0.3 is 0 Å². The lowest BCUT2D eigenvalue weighted by Gasteiger charge is -2.11. The first-order valence-corrected chi connectivity index (χ1v) is 6.68. The van der Waals surface area contributed by atoms with Crippen LogP contribution in [0.2, 0.25) is 0 Å². The smallest absolute Gasteiger partial charge is 0.123 e. The lowest BCUT2D eigenvalue weighted by Crippen LogP contribution is -1.88. The summed E-state index contributed by atoms with van der Waals surface area (Å²) >= 11 is 0. The molecule has 0 unspecified atom stereocenters. The van der Waals surface area contributed by atoms with Crippen molar-refractivity contribution in [3.63, 3.8) is 0 Å². The van der Waals surface area contributed by atoms with E-state index in [-0.39, 0.29) is 5.75 Å². The van der Waals surface area contributed by atoms with E-state index in [1.54, 1.807) is 12.3 Å². The Kier molecular flexibility index (Phi) is 3.51. The molecule has 21 heavy (non-hydrogen) atoms. The number of aromatic nitrogens is 3. The molecule has 1 aromatic heterocycles. The first kappa shape index (κ1) is 13.1. The fourth-order valence-corrected chi connectivity index (χ4v) is 2.37. The molecule has 3 rings (SSSR count). The van der Waals surface area contributed by atoms with Crippen LogP contribution >= 0.6 is 0 Å². The zero-order chi connectivity index (χ0) is 14.7. The average Bonchev–Trinajstić information content (AvgIpc) is 3.04. The molecule has 2 aromatic carbocycles. The van der Waals surface area contributed by atoms with Crippen molar-refractivity contribution in [2.45, 2.75) is 6.42 Å². The van der Waals surface area contributed by atoms with E-state index in [1.807, 2.05) is 42.5 Å². The van der Waals surface area contributed by atoms with Crippen molar-refractivity contribution in [3.8, 4) is 28.1 Å². The SMILES string of the molecule is C=CCc1ccc(O)c(-c2ccccc2-c2cn[nH]n2)c1. The summed E-state index contributed by atoms with van der Waals surface area (Å²) in [6.45, 7) is 3.75. The highest BCUT2D eigenvalue weighted by atomic mass is 16.3. The van der Waals surface area contributed by atoms with Crippen LogP contribution in [0.15, 0.2) is 61.3 Å². The number of benzene rings is 2. The number of phenolic OH excluding ortho intramolecular Hbond substituents is 1. The number of hydrogen-bond acceptors (Lipinski definition) is 3. The Hall–Kier alpha value is -2.88. The maximum absolute atomic E-state index is 10.2. The molecule has 0 bridgehead atoms. The van der Waals surface area contributed by atoms with Gasteiger partial charge in [0, 0.05) is 11.1 Å². The van der Waals surface area contributed by atoms with E-state index in [4.69, 9.17) is 0 Å². The molecule has 4 nitrogen and oxygen atoms in total. The van der Waals surface area contributed by atoms with Gasteiger partial charge in [0.1, 0.15) is 11.4 Å². The number of rotatable bonds is 4. The molecule has 3 aromatic rings. The lowest BCUT2D eigenvalue weighted by atomic mass is 9.95. The van der Waals surface area contributed by atoms with Gasteiger partial charge in [0.15, 0.2) is 0 Å². The predicted octanol–water partition coefficient (Wildman–Crippen LogP) is 3.57. The van der Waals surface area contributed by atoms with E-state index in [0.717, 1.165) is 34.4 Å². The van der Waals surface area contributed by atoms with Crippen LogP contribution in [0.3, 0.4) is 0 Å². The Morgan fingerprint density at radius 2 is 1.90 bits per heavy atom. The third kappa shape index (κ3) is 2.56. The van der Waals surface area contributed by atoms with Crippen LogP contribution in [0.25, 0.3) is 22.4 Å². The lowest BCUT2D eigenvalue weighted by molar-refractivity contribution is 0.477. The number of aromatic amines is 1. The van der Waals surface area contributed by atoms with Gasteiger partial charge in [0.25, 0.3) is 0 Å². The Labute approximate surface area is 122 Å². The number of allylic oxidation sites excluding steroid dienone is 1. The summed E-state index contributed by atoms with van der Waals surface area (Å²) in [5, 5.41) is 20.8. The van der Waals surface area contributed by atoms with E-state index in [0.29, 0.717) is 0 Å². The van der Waals surface area contributed by atoms with Gasteiger partial charge in [-0.2, -0.15) is 15.4 Å². The monoisotopic (exact) mass is 277 g/mol. The summed E-state index contributed by atoms with van der Waals surface area (Å²) in [5.74, 6) is 0.249. The van der Waals surface area contributed by atoms with Crippen molar-refractivity contribution in [2.24, 2.45) is 0 Å². The quantitative estimate of drug-likeness (QED) is 0.717. The summed E-state index contributed by atoms with van der Waals surface area (Å²) in [5.41, 5.74) is 4.49. The summed E-state index contributed by atoms with van der Waals surface area (Å²) in [7, 11) is 0. The van der Waals surface area contributed by atoms with Gasteiger partial charge in [-0.1, -0.05) is 36.4 Å². The van der Waals surface area contributed by atoms with E-state index in [9.17, 15) is 5.11 Å². The van der Waals surface area contributed by atoms with Gasteiger partial charge < -0.3 is 5.11 Å². The first-order chi connectivity index (χ1) is 10.3. The van der Waals surface area contributed by atoms with Crippen LogP contribution in [0.4, 0.5) is 0 Å². The number of phenols is 1. The van der Waals surface area contributed by atoms with Crippen LogP contribution in [-0.4, -0.2) is 20.5 Å². The number of aromatic hydroxyl groups is 1. The molecule has 1 heterocycles.